The van der Waals surface area contributed by atoms with E-state index in [0.29, 0.717) is 18.9 Å². The Hall–Kier alpha value is -6.76. The number of imidazole rings is 1. The summed E-state index contributed by atoms with van der Waals surface area (Å²) in [4.78, 5) is 69.3. The zero-order chi connectivity index (χ0) is 43.8. The Morgan fingerprint density at radius 2 is 1.45 bits per heavy atom. The summed E-state index contributed by atoms with van der Waals surface area (Å²) in [5.41, 5.74) is 8.03. The largest absolute Gasteiger partial charge is 0.453 e. The summed E-state index contributed by atoms with van der Waals surface area (Å²) in [6, 6.07) is 29.1. The minimum atomic E-state index is -0.846. The van der Waals surface area contributed by atoms with Crippen molar-refractivity contribution < 1.29 is 28.7 Å². The van der Waals surface area contributed by atoms with Crippen molar-refractivity contribution >= 4 is 46.1 Å². The van der Waals surface area contributed by atoms with Crippen LogP contribution in [0.15, 0.2) is 108 Å². The number of aromatic amines is 1. The minimum absolute atomic E-state index is 0. The number of piperidine rings is 1. The molecule has 13 nitrogen and oxygen atoms in total. The number of rotatable bonds is 11. The van der Waals surface area contributed by atoms with Crippen molar-refractivity contribution in [1.29, 1.82) is 0 Å². The number of carbonyl (C=O) groups excluding carboxylic acids is 4. The lowest BCUT2D eigenvalue weighted by Gasteiger charge is -2.38. The Morgan fingerprint density at radius 3 is 2.17 bits per heavy atom. The molecule has 6 atom stereocenters. The van der Waals surface area contributed by atoms with Crippen molar-refractivity contribution in [3.8, 4) is 22.4 Å². The Bertz CT molecular complexity index is 2600. The Morgan fingerprint density at radius 1 is 0.781 bits per heavy atom. The number of hydrogen-bond donors (Lipinski definition) is 3. The van der Waals surface area contributed by atoms with Crippen LogP contribution >= 0.6 is 0 Å². The van der Waals surface area contributed by atoms with Crippen LogP contribution in [0.5, 0.6) is 0 Å². The van der Waals surface area contributed by atoms with Gasteiger partial charge in [-0.2, -0.15) is 0 Å². The molecule has 2 saturated heterocycles. The lowest BCUT2D eigenvalue weighted by atomic mass is 9.89. The summed E-state index contributed by atoms with van der Waals surface area (Å²) >= 11 is 0. The van der Waals surface area contributed by atoms with Crippen molar-refractivity contribution in [3.63, 3.8) is 0 Å². The molecule has 4 aromatic carbocycles. The van der Waals surface area contributed by atoms with Gasteiger partial charge in [0.1, 0.15) is 17.9 Å². The summed E-state index contributed by atoms with van der Waals surface area (Å²) in [7, 11) is 2.60. The maximum atomic E-state index is 14.3. The van der Waals surface area contributed by atoms with Gasteiger partial charge in [-0.1, -0.05) is 100 Å². The molecule has 4 amide bonds. The van der Waals surface area contributed by atoms with Crippen LogP contribution in [0.4, 0.5) is 9.59 Å². The van der Waals surface area contributed by atoms with Crippen LogP contribution in [0.1, 0.15) is 88.8 Å². The van der Waals surface area contributed by atoms with Crippen LogP contribution in [-0.2, 0) is 19.1 Å². The Balaban J connectivity index is 0.00000560. The average Bonchev–Trinajstić information content (AvgIpc) is 4.18. The van der Waals surface area contributed by atoms with Crippen molar-refractivity contribution in [2.24, 2.45) is 16.8 Å². The zero-order valence-electron chi connectivity index (χ0n) is 36.0. The summed E-state index contributed by atoms with van der Waals surface area (Å²) in [5.74, 6) is 0.705. The third-order valence-corrected chi connectivity index (χ3v) is 13.3. The van der Waals surface area contributed by atoms with E-state index in [0.717, 1.165) is 93.5 Å². The van der Waals surface area contributed by atoms with Crippen LogP contribution in [-0.4, -0.2) is 88.4 Å². The van der Waals surface area contributed by atoms with E-state index in [1.54, 1.807) is 0 Å². The molecule has 3 aliphatic heterocycles. The lowest BCUT2D eigenvalue weighted by molar-refractivity contribution is -0.136. The van der Waals surface area contributed by atoms with Crippen molar-refractivity contribution in [3.05, 3.63) is 120 Å². The molecule has 4 heterocycles. The number of likely N-dealkylation sites (tertiary alicyclic amines) is 2. The van der Waals surface area contributed by atoms with E-state index in [9.17, 15) is 19.2 Å². The van der Waals surface area contributed by atoms with Crippen molar-refractivity contribution in [2.45, 2.75) is 90.0 Å². The lowest BCUT2D eigenvalue weighted by Crippen LogP contribution is -2.53. The molecule has 332 valence electrons. The summed E-state index contributed by atoms with van der Waals surface area (Å²) in [6.45, 7) is 4.41. The number of ether oxygens (including phenoxy) is 2. The number of hydrogen-bond acceptors (Lipinski definition) is 8. The number of aromatic nitrogens is 2. The number of fused-ring (bicyclic) bond motifs is 3. The monoisotopic (exact) mass is 863 g/mol. The van der Waals surface area contributed by atoms with E-state index < -0.39 is 24.3 Å². The number of methoxy groups -OCH3 is 2. The highest BCUT2D eigenvalue weighted by molar-refractivity contribution is 6.04. The van der Waals surface area contributed by atoms with E-state index in [1.165, 1.54) is 14.2 Å². The first kappa shape index (κ1) is 43.9. The van der Waals surface area contributed by atoms with Crippen LogP contribution < -0.4 is 10.6 Å². The molecule has 3 fully saturated rings. The second-order valence-electron chi connectivity index (χ2n) is 17.4. The molecule has 1 aromatic heterocycles. The summed E-state index contributed by atoms with van der Waals surface area (Å²) in [6.07, 6.45) is 7.77. The van der Waals surface area contributed by atoms with Crippen LogP contribution in [0, 0.1) is 11.8 Å². The molecule has 1 saturated carbocycles. The zero-order valence-corrected chi connectivity index (χ0v) is 36.0. The van der Waals surface area contributed by atoms with E-state index in [1.807, 2.05) is 66.4 Å². The fraction of sp³-hybridized carbons (Fsp3) is 0.373. The summed E-state index contributed by atoms with van der Waals surface area (Å²) < 4.78 is 9.69. The third kappa shape index (κ3) is 8.50. The average molecular weight is 864 g/mol. The number of aliphatic imine (C=N–C) groups is 1. The summed E-state index contributed by atoms with van der Waals surface area (Å²) in [5, 5.41) is 7.72. The van der Waals surface area contributed by atoms with Gasteiger partial charge in [0.25, 0.3) is 5.91 Å². The van der Waals surface area contributed by atoms with Gasteiger partial charge >= 0.3 is 12.2 Å². The number of nitrogens with one attached hydrogen (secondary N) is 3. The fourth-order valence-corrected chi connectivity index (χ4v) is 10.1. The van der Waals surface area contributed by atoms with Crippen molar-refractivity contribution in [2.75, 3.05) is 20.8 Å². The molecule has 0 radical (unpaired) electrons. The van der Waals surface area contributed by atoms with Gasteiger partial charge in [-0.05, 0) is 94.7 Å². The first-order valence-electron chi connectivity index (χ1n) is 21.9. The molecule has 2 bridgehead atoms. The van der Waals surface area contributed by atoms with E-state index in [4.69, 9.17) is 19.5 Å². The second-order valence-corrected chi connectivity index (χ2v) is 17.4. The quantitative estimate of drug-likeness (QED) is 0.119. The maximum absolute atomic E-state index is 14.3. The molecule has 4 aliphatic rings. The van der Waals surface area contributed by atoms with Gasteiger partial charge in [0, 0.05) is 36.5 Å². The number of carbonyl (C=O) groups is 4. The highest BCUT2D eigenvalue weighted by Crippen LogP contribution is 2.46. The first-order chi connectivity index (χ1) is 30.6. The second kappa shape index (κ2) is 18.5. The predicted octanol–water partition coefficient (Wildman–Crippen LogP) is 9.24. The van der Waals surface area contributed by atoms with Crippen LogP contribution in [0.2, 0.25) is 0 Å². The third-order valence-electron chi connectivity index (χ3n) is 13.3. The van der Waals surface area contributed by atoms with Crippen LogP contribution in [0.3, 0.4) is 0 Å². The number of benzene rings is 4. The number of H-pyrrole nitrogens is 1. The van der Waals surface area contributed by atoms with Gasteiger partial charge in [-0.3, -0.25) is 14.6 Å². The van der Waals surface area contributed by atoms with E-state index in [2.05, 4.69) is 76.3 Å². The molecular weight excluding hydrogens is 807 g/mol. The van der Waals surface area contributed by atoms with Gasteiger partial charge in [-0.25, -0.2) is 14.6 Å². The maximum Gasteiger partial charge on any atom is 0.407 e. The normalized spacial score (nSPS) is 21.0. The molecule has 1 aliphatic carbocycles. The van der Waals surface area contributed by atoms with Gasteiger partial charge in [0.15, 0.2) is 0 Å². The molecule has 0 spiro atoms. The molecule has 9 rings (SSSR count). The molecule has 64 heavy (non-hydrogen) atoms. The number of allylic oxidation sites excluding steroid dienone is 1. The highest BCUT2D eigenvalue weighted by atomic mass is 16.5. The topological polar surface area (TPSA) is 158 Å². The SMILES string of the molecule is C.COC(=O)N[C@H](C(=O)N1CCC[C@H]1c1ncc(-c2ccc3cc(-c4ccc(C5=CN=C([C@@H]6[C@@H]7CC[C@@H](C7)N6C(=O)[C@H](NC(=O)OC)c6ccccc6)C5)cc4)ccc3c2)[nH]1)C(C)C. The Labute approximate surface area is 374 Å². The molecule has 3 N–H and O–H groups in total. The Kier molecular flexibility index (Phi) is 12.7. The van der Waals surface area contributed by atoms with E-state index in [-0.39, 0.29) is 43.3 Å². The van der Waals surface area contributed by atoms with E-state index >= 15 is 0 Å². The predicted molar refractivity (Wildman–Crippen MR) is 248 cm³/mol. The number of alkyl carbamates (subject to hydrolysis) is 2. The minimum Gasteiger partial charge on any atom is -0.453 e. The van der Waals surface area contributed by atoms with Crippen LogP contribution in [0.25, 0.3) is 38.7 Å². The van der Waals surface area contributed by atoms with Crippen molar-refractivity contribution in [1.82, 2.24) is 30.4 Å². The van der Waals surface area contributed by atoms with Gasteiger partial charge in [0.05, 0.1) is 38.2 Å². The molecule has 5 aromatic rings. The van der Waals surface area contributed by atoms with Gasteiger partial charge < -0.3 is 34.9 Å². The first-order valence-corrected chi connectivity index (χ1v) is 21.9. The molecular formula is C51H57N7O6. The molecule has 0 unspecified atom stereocenters. The highest BCUT2D eigenvalue weighted by Gasteiger charge is 2.52. The van der Waals surface area contributed by atoms with Gasteiger partial charge in [0.2, 0.25) is 5.91 Å². The van der Waals surface area contributed by atoms with Gasteiger partial charge in [-0.15, -0.1) is 0 Å². The molecule has 13 heteroatoms. The fourth-order valence-electron chi connectivity index (χ4n) is 10.1. The number of nitrogens with zero attached hydrogens (tertiary/aromatic N) is 4. The standard InChI is InChI=1S/C50H53N7O6.CH4/c1-29(2)43(54-49(60)62-3)47(58)56-22-8-11-42(56)46-52-28-41(53-46)36-19-18-34-23-33(16-17-35(34)24-36)30-12-14-31(15-13-30)38-26-40(51-27-38)45-37-20-21-39(25-37)57(45)48(59)44(55-50(61)63-4)32-9-6-5-7-10-32;/h5-7,9-10,12-19,23-24,27-29,37,39,42-45H,8,11,20-22,25-26H2,1-4H3,(H,52,53)(H,54,60)(H,55,61);1H4/t37-,39+,42+,43+,44-,45+;/m1./s1. The number of amides is 4. The smallest absolute Gasteiger partial charge is 0.407 e.